The van der Waals surface area contributed by atoms with Crippen molar-refractivity contribution in [3.05, 3.63) is 33.7 Å². The number of thiophene rings is 1. The Hall–Kier alpha value is -2.13. The van der Waals surface area contributed by atoms with Crippen LogP contribution in [-0.2, 0) is 25.6 Å². The van der Waals surface area contributed by atoms with E-state index in [9.17, 15) is 24.3 Å². The molecule has 1 unspecified atom stereocenters. The number of Topliss-reactive ketones (excluding diaryl/α,β-unsaturated/α-hetero) is 1. The summed E-state index contributed by atoms with van der Waals surface area (Å²) < 4.78 is 0. The van der Waals surface area contributed by atoms with Crippen molar-refractivity contribution in [2.24, 2.45) is 0 Å². The van der Waals surface area contributed by atoms with Crippen molar-refractivity contribution < 1.29 is 24.3 Å². The Kier molecular flexibility index (Phi) is 4.46. The first-order valence-electron chi connectivity index (χ1n) is 7.14. The molecule has 2 amide bonds. The Bertz CT molecular complexity index is 756. The molecule has 24 heavy (non-hydrogen) atoms. The van der Waals surface area contributed by atoms with Crippen LogP contribution in [0.3, 0.4) is 0 Å². The highest BCUT2D eigenvalue weighted by Gasteiger charge is 2.54. The van der Waals surface area contributed by atoms with Crippen LogP contribution in [0.15, 0.2) is 28.8 Å². The van der Waals surface area contributed by atoms with E-state index in [-0.39, 0.29) is 35.1 Å². The van der Waals surface area contributed by atoms with E-state index >= 15 is 0 Å². The fourth-order valence-corrected chi connectivity index (χ4v) is 4.80. The first-order valence-corrected chi connectivity index (χ1v) is 9.06. The molecule has 9 heteroatoms. The summed E-state index contributed by atoms with van der Waals surface area (Å²) in [6, 6.07) is 2.91. The van der Waals surface area contributed by atoms with Gasteiger partial charge in [0.25, 0.3) is 5.91 Å². The van der Waals surface area contributed by atoms with Crippen LogP contribution >= 0.6 is 23.1 Å². The number of thioether (sulfide) groups is 1. The van der Waals surface area contributed by atoms with E-state index < -0.39 is 23.3 Å². The maximum atomic E-state index is 12.3. The van der Waals surface area contributed by atoms with E-state index in [1.54, 1.807) is 0 Å². The van der Waals surface area contributed by atoms with Gasteiger partial charge in [-0.05, 0) is 18.4 Å². The molecule has 0 saturated carbocycles. The van der Waals surface area contributed by atoms with E-state index in [4.69, 9.17) is 0 Å². The predicted molar refractivity (Wildman–Crippen MR) is 88.4 cm³/mol. The van der Waals surface area contributed by atoms with Gasteiger partial charge in [0.1, 0.15) is 17.1 Å². The third-order valence-corrected chi connectivity index (χ3v) is 5.98. The van der Waals surface area contributed by atoms with Crippen LogP contribution in [0.4, 0.5) is 0 Å². The lowest BCUT2D eigenvalue weighted by molar-refractivity contribution is -0.150. The lowest BCUT2D eigenvalue weighted by atomic mass is 10.0. The van der Waals surface area contributed by atoms with Crippen molar-refractivity contribution in [3.63, 3.8) is 0 Å². The zero-order valence-electron chi connectivity index (χ0n) is 12.6. The molecule has 1 aromatic heterocycles. The Labute approximate surface area is 145 Å². The number of carboxylic acid groups (broad SMARTS) is 1. The highest BCUT2D eigenvalue weighted by molar-refractivity contribution is 8.00. The molecule has 2 atom stereocenters. The van der Waals surface area contributed by atoms with Gasteiger partial charge in [-0.3, -0.25) is 19.3 Å². The summed E-state index contributed by atoms with van der Waals surface area (Å²) in [4.78, 5) is 49.4. The van der Waals surface area contributed by atoms with E-state index in [1.165, 1.54) is 30.0 Å². The molecule has 0 aromatic carbocycles. The number of β-lactam (4-membered cyclic amide) rings is 1. The molecule has 7 nitrogen and oxygen atoms in total. The summed E-state index contributed by atoms with van der Waals surface area (Å²) in [6.45, 7) is 1.28. The van der Waals surface area contributed by atoms with Crippen LogP contribution in [0.1, 0.15) is 11.8 Å². The molecule has 126 valence electrons. The Morgan fingerprint density at radius 2 is 2.17 bits per heavy atom. The summed E-state index contributed by atoms with van der Waals surface area (Å²) in [5, 5.41) is 13.4. The number of carboxylic acids is 1. The molecule has 2 aliphatic rings. The van der Waals surface area contributed by atoms with E-state index in [2.05, 4.69) is 5.32 Å². The van der Waals surface area contributed by atoms with Gasteiger partial charge in [0, 0.05) is 16.2 Å². The van der Waals surface area contributed by atoms with Crippen molar-refractivity contribution in [3.8, 4) is 0 Å². The van der Waals surface area contributed by atoms with Gasteiger partial charge >= 0.3 is 5.97 Å². The number of rotatable bonds is 5. The molecular formula is C15H14N2O5S2. The molecule has 2 aliphatic heterocycles. The first-order chi connectivity index (χ1) is 11.4. The molecule has 3 rings (SSSR count). The van der Waals surface area contributed by atoms with E-state index in [0.717, 1.165) is 9.78 Å². The minimum absolute atomic E-state index is 0.125. The van der Waals surface area contributed by atoms with E-state index in [0.29, 0.717) is 0 Å². The second-order valence-electron chi connectivity index (χ2n) is 5.40. The first kappa shape index (κ1) is 16.7. The molecule has 1 aromatic rings. The van der Waals surface area contributed by atoms with Gasteiger partial charge < -0.3 is 10.4 Å². The van der Waals surface area contributed by atoms with Gasteiger partial charge in [-0.1, -0.05) is 6.07 Å². The molecule has 0 bridgehead atoms. The number of carbonyl (C=O) groups is 4. The Morgan fingerprint density at radius 3 is 2.75 bits per heavy atom. The SMILES string of the molecule is CC(=O)C1=C(C(=O)O)N2C(=O)C(NC(=O)Cc3cccs3)[C@@H]2SC1. The van der Waals surface area contributed by atoms with Gasteiger partial charge in [-0.2, -0.15) is 0 Å². The number of hydrogen-bond acceptors (Lipinski definition) is 6. The number of amides is 2. The number of nitrogens with zero attached hydrogens (tertiary/aromatic N) is 1. The highest BCUT2D eigenvalue weighted by atomic mass is 32.2. The maximum absolute atomic E-state index is 12.3. The highest BCUT2D eigenvalue weighted by Crippen LogP contribution is 2.40. The summed E-state index contributed by atoms with van der Waals surface area (Å²) >= 11 is 2.73. The second-order valence-corrected chi connectivity index (χ2v) is 7.54. The van der Waals surface area contributed by atoms with Crippen molar-refractivity contribution in [2.75, 3.05) is 5.75 Å². The lowest BCUT2D eigenvalue weighted by Crippen LogP contribution is -2.70. The molecule has 2 N–H and O–H groups in total. The molecule has 0 aliphatic carbocycles. The largest absolute Gasteiger partial charge is 0.477 e. The lowest BCUT2D eigenvalue weighted by Gasteiger charge is -2.49. The minimum Gasteiger partial charge on any atom is -0.477 e. The predicted octanol–water partition coefficient (Wildman–Crippen LogP) is 0.618. The molecule has 3 heterocycles. The van der Waals surface area contributed by atoms with Gasteiger partial charge in [0.2, 0.25) is 5.91 Å². The minimum atomic E-state index is -1.30. The number of aliphatic carboxylic acids is 1. The van der Waals surface area contributed by atoms with Gasteiger partial charge in [-0.15, -0.1) is 23.1 Å². The average molecular weight is 366 g/mol. The Morgan fingerprint density at radius 1 is 1.42 bits per heavy atom. The number of ketones is 1. The van der Waals surface area contributed by atoms with E-state index in [1.807, 2.05) is 17.5 Å². The van der Waals surface area contributed by atoms with Crippen LogP contribution in [-0.4, -0.2) is 50.7 Å². The summed E-state index contributed by atoms with van der Waals surface area (Å²) in [6.07, 6.45) is 0.180. The number of nitrogens with one attached hydrogen (secondary N) is 1. The fraction of sp³-hybridized carbons (Fsp3) is 0.333. The van der Waals surface area contributed by atoms with Crippen molar-refractivity contribution in [2.45, 2.75) is 24.8 Å². The van der Waals surface area contributed by atoms with Crippen LogP contribution in [0, 0.1) is 0 Å². The van der Waals surface area contributed by atoms with Gasteiger partial charge in [0.05, 0.1) is 6.42 Å². The molecule has 0 spiro atoms. The van der Waals surface area contributed by atoms with Gasteiger partial charge in [0.15, 0.2) is 5.78 Å². The van der Waals surface area contributed by atoms with Crippen LogP contribution in [0.2, 0.25) is 0 Å². The zero-order chi connectivity index (χ0) is 17.4. The second kappa shape index (κ2) is 6.40. The molecule has 0 radical (unpaired) electrons. The molecular weight excluding hydrogens is 352 g/mol. The summed E-state index contributed by atoms with van der Waals surface area (Å²) in [7, 11) is 0. The monoisotopic (exact) mass is 366 g/mol. The topological polar surface area (TPSA) is 104 Å². The standard InChI is InChI=1S/C15H14N2O5S2/c1-7(18)9-6-24-14-11(13(20)17(14)12(9)15(21)22)16-10(19)5-8-3-2-4-23-8/h2-4,11,14H,5-6H2,1H3,(H,16,19)(H,21,22)/t11?,14-/m0/s1. The molecule has 1 saturated heterocycles. The van der Waals surface area contributed by atoms with Gasteiger partial charge in [-0.25, -0.2) is 4.79 Å². The number of carbonyl (C=O) groups excluding carboxylic acids is 3. The fourth-order valence-electron chi connectivity index (χ4n) is 2.68. The van der Waals surface area contributed by atoms with Crippen LogP contribution < -0.4 is 5.32 Å². The van der Waals surface area contributed by atoms with Crippen molar-refractivity contribution in [1.29, 1.82) is 0 Å². The maximum Gasteiger partial charge on any atom is 0.353 e. The summed E-state index contributed by atoms with van der Waals surface area (Å²) in [5.74, 6) is -2.24. The number of hydrogen-bond donors (Lipinski definition) is 2. The normalized spacial score (nSPS) is 22.7. The average Bonchev–Trinajstić information content (AvgIpc) is 3.03. The third kappa shape index (κ3) is 2.84. The smallest absolute Gasteiger partial charge is 0.353 e. The quantitative estimate of drug-likeness (QED) is 0.741. The van der Waals surface area contributed by atoms with Crippen molar-refractivity contribution in [1.82, 2.24) is 10.2 Å². The van der Waals surface area contributed by atoms with Crippen molar-refractivity contribution >= 4 is 46.7 Å². The van der Waals surface area contributed by atoms with Crippen LogP contribution in [0.25, 0.3) is 0 Å². The molecule has 1 fully saturated rings. The number of fused-ring (bicyclic) bond motifs is 1. The third-order valence-electron chi connectivity index (χ3n) is 3.83. The zero-order valence-corrected chi connectivity index (χ0v) is 14.3. The Balaban J connectivity index is 1.73. The van der Waals surface area contributed by atoms with Crippen LogP contribution in [0.5, 0.6) is 0 Å². The summed E-state index contributed by atoms with van der Waals surface area (Å²) in [5.41, 5.74) is -0.138.